The molecule has 1 atom stereocenters. The van der Waals surface area contributed by atoms with Gasteiger partial charge in [0.2, 0.25) is 5.89 Å². The van der Waals surface area contributed by atoms with Gasteiger partial charge >= 0.3 is 0 Å². The minimum Gasteiger partial charge on any atom is -0.337 e. The first kappa shape index (κ1) is 14.8. The third-order valence-corrected chi connectivity index (χ3v) is 5.77. The van der Waals surface area contributed by atoms with E-state index < -0.39 is 5.54 Å². The summed E-state index contributed by atoms with van der Waals surface area (Å²) in [6.45, 7) is 0.729. The molecule has 1 saturated carbocycles. The van der Waals surface area contributed by atoms with Crippen LogP contribution in [0.2, 0.25) is 0 Å². The Hall–Kier alpha value is -1.73. The number of nitrogens with two attached hydrogens (primary N) is 1. The predicted octanol–water partition coefficient (Wildman–Crippen LogP) is 2.84. The van der Waals surface area contributed by atoms with E-state index in [2.05, 4.69) is 10.1 Å². The van der Waals surface area contributed by atoms with E-state index in [0.717, 1.165) is 49.9 Å². The summed E-state index contributed by atoms with van der Waals surface area (Å²) in [5.74, 6) is 1.17. The molecule has 0 spiro atoms. The predicted molar refractivity (Wildman–Crippen MR) is 86.0 cm³/mol. The maximum absolute atomic E-state index is 12.7. The first-order chi connectivity index (χ1) is 11.2. The van der Waals surface area contributed by atoms with Crippen LogP contribution in [0.4, 0.5) is 0 Å². The van der Waals surface area contributed by atoms with Gasteiger partial charge in [-0.2, -0.15) is 4.98 Å². The Morgan fingerprint density at radius 2 is 2.26 bits per heavy atom. The summed E-state index contributed by atoms with van der Waals surface area (Å²) >= 11 is 1.47. The second kappa shape index (κ2) is 5.72. The van der Waals surface area contributed by atoms with E-state index in [0.29, 0.717) is 11.7 Å². The molecule has 1 aliphatic heterocycles. The number of piperidine rings is 1. The van der Waals surface area contributed by atoms with Crippen molar-refractivity contribution in [1.82, 2.24) is 15.0 Å². The highest BCUT2D eigenvalue weighted by Crippen LogP contribution is 2.38. The largest absolute Gasteiger partial charge is 0.337 e. The van der Waals surface area contributed by atoms with Gasteiger partial charge in [0.1, 0.15) is 6.04 Å². The second-order valence-corrected chi connectivity index (χ2v) is 7.40. The van der Waals surface area contributed by atoms with Crippen LogP contribution in [-0.4, -0.2) is 27.5 Å². The molecule has 2 fully saturated rings. The number of thiophene rings is 1. The monoisotopic (exact) mass is 332 g/mol. The fourth-order valence-electron chi connectivity index (χ4n) is 3.33. The summed E-state index contributed by atoms with van der Waals surface area (Å²) in [6.07, 6.45) is 5.83. The topological polar surface area (TPSA) is 85.2 Å². The van der Waals surface area contributed by atoms with Crippen molar-refractivity contribution >= 4 is 17.2 Å². The van der Waals surface area contributed by atoms with Crippen LogP contribution < -0.4 is 5.73 Å². The van der Waals surface area contributed by atoms with Crippen LogP contribution in [0.15, 0.2) is 22.0 Å². The quantitative estimate of drug-likeness (QED) is 0.934. The number of carbonyl (C=O) groups is 1. The fourth-order valence-corrected chi connectivity index (χ4v) is 4.01. The molecule has 0 bridgehead atoms. The van der Waals surface area contributed by atoms with Crippen molar-refractivity contribution in [2.45, 2.75) is 50.1 Å². The molecule has 4 rings (SSSR count). The van der Waals surface area contributed by atoms with Gasteiger partial charge < -0.3 is 15.2 Å². The highest BCUT2D eigenvalue weighted by molar-refractivity contribution is 7.12. The highest BCUT2D eigenvalue weighted by atomic mass is 32.1. The lowest BCUT2D eigenvalue weighted by Crippen LogP contribution is -2.44. The Balaban J connectivity index is 1.59. The van der Waals surface area contributed by atoms with Crippen molar-refractivity contribution < 1.29 is 9.32 Å². The summed E-state index contributed by atoms with van der Waals surface area (Å²) in [7, 11) is 0. The van der Waals surface area contributed by atoms with E-state index in [9.17, 15) is 4.79 Å². The summed E-state index contributed by atoms with van der Waals surface area (Å²) in [6, 6.07) is 3.63. The average Bonchev–Trinajstić information content (AvgIpc) is 3.23. The summed E-state index contributed by atoms with van der Waals surface area (Å²) in [5.41, 5.74) is 5.84. The highest BCUT2D eigenvalue weighted by Gasteiger charge is 2.40. The summed E-state index contributed by atoms with van der Waals surface area (Å²) in [5, 5.41) is 6.02. The third-order valence-electron chi connectivity index (χ3n) is 4.91. The molecule has 1 saturated heterocycles. The number of nitrogens with zero attached hydrogens (tertiary/aromatic N) is 3. The molecule has 3 heterocycles. The van der Waals surface area contributed by atoms with Crippen LogP contribution in [0.5, 0.6) is 0 Å². The smallest absolute Gasteiger partial charge is 0.264 e. The Kier molecular flexibility index (Phi) is 3.69. The summed E-state index contributed by atoms with van der Waals surface area (Å²) in [4.78, 5) is 19.9. The molecule has 2 aromatic rings. The minimum absolute atomic E-state index is 0.0514. The van der Waals surface area contributed by atoms with Crippen molar-refractivity contribution in [2.24, 2.45) is 5.73 Å². The van der Waals surface area contributed by atoms with E-state index >= 15 is 0 Å². The van der Waals surface area contributed by atoms with Gasteiger partial charge in [0.25, 0.3) is 5.91 Å². The van der Waals surface area contributed by atoms with Gasteiger partial charge in [-0.3, -0.25) is 4.79 Å². The standard InChI is InChI=1S/C16H20N4O2S/c17-16(7-4-8-16)15-18-13(22-19-15)11-5-1-2-9-20(11)14(21)12-6-3-10-23-12/h3,6,10-11H,1-2,4-5,7-9,17H2. The molecule has 6 nitrogen and oxygen atoms in total. The zero-order valence-electron chi connectivity index (χ0n) is 12.9. The number of likely N-dealkylation sites (tertiary alicyclic amines) is 1. The lowest BCUT2D eigenvalue weighted by molar-refractivity contribution is 0.0566. The second-order valence-electron chi connectivity index (χ2n) is 6.45. The average molecular weight is 332 g/mol. The van der Waals surface area contributed by atoms with Gasteiger partial charge in [0.15, 0.2) is 5.82 Å². The molecule has 0 aromatic carbocycles. The molecule has 2 aromatic heterocycles. The minimum atomic E-state index is -0.432. The number of carbonyl (C=O) groups excluding carboxylic acids is 1. The number of rotatable bonds is 3. The maximum Gasteiger partial charge on any atom is 0.264 e. The van der Waals surface area contributed by atoms with Crippen molar-refractivity contribution in [3.8, 4) is 0 Å². The molecule has 7 heteroatoms. The van der Waals surface area contributed by atoms with Gasteiger partial charge in [-0.25, -0.2) is 0 Å². The van der Waals surface area contributed by atoms with Crippen LogP contribution >= 0.6 is 11.3 Å². The zero-order chi connectivity index (χ0) is 15.9. The zero-order valence-corrected chi connectivity index (χ0v) is 13.7. The van der Waals surface area contributed by atoms with E-state index in [-0.39, 0.29) is 11.9 Å². The lowest BCUT2D eigenvalue weighted by atomic mass is 9.77. The molecule has 0 radical (unpaired) electrons. The molecule has 23 heavy (non-hydrogen) atoms. The van der Waals surface area contributed by atoms with Gasteiger partial charge in [-0.15, -0.1) is 11.3 Å². The van der Waals surface area contributed by atoms with Crippen LogP contribution in [0.25, 0.3) is 0 Å². The van der Waals surface area contributed by atoms with E-state index in [1.165, 1.54) is 11.3 Å². The van der Waals surface area contributed by atoms with Crippen molar-refractivity contribution in [2.75, 3.05) is 6.54 Å². The third kappa shape index (κ3) is 2.57. The molecular weight excluding hydrogens is 312 g/mol. The first-order valence-electron chi connectivity index (χ1n) is 8.15. The number of hydrogen-bond donors (Lipinski definition) is 1. The van der Waals surface area contributed by atoms with Crippen molar-refractivity contribution in [3.05, 3.63) is 34.1 Å². The van der Waals surface area contributed by atoms with Gasteiger partial charge in [0, 0.05) is 6.54 Å². The van der Waals surface area contributed by atoms with Crippen LogP contribution in [0.1, 0.15) is 66.0 Å². The van der Waals surface area contributed by atoms with E-state index in [1.54, 1.807) is 0 Å². The van der Waals surface area contributed by atoms with Crippen LogP contribution in [-0.2, 0) is 5.54 Å². The molecule has 1 aliphatic carbocycles. The normalized spacial score (nSPS) is 23.5. The SMILES string of the molecule is NC1(c2noc(C3CCCCN3C(=O)c3cccs3)n2)CCC1. The Morgan fingerprint density at radius 3 is 2.96 bits per heavy atom. The lowest BCUT2D eigenvalue weighted by Gasteiger charge is -2.35. The summed E-state index contributed by atoms with van der Waals surface area (Å²) < 4.78 is 5.49. The molecule has 2 aliphatic rings. The molecule has 1 unspecified atom stereocenters. The van der Waals surface area contributed by atoms with E-state index in [4.69, 9.17) is 10.3 Å². The van der Waals surface area contributed by atoms with Crippen molar-refractivity contribution in [3.63, 3.8) is 0 Å². The molecule has 122 valence electrons. The fraction of sp³-hybridized carbons (Fsp3) is 0.562. The van der Waals surface area contributed by atoms with Crippen LogP contribution in [0, 0.1) is 0 Å². The molecular formula is C16H20N4O2S. The Morgan fingerprint density at radius 1 is 1.39 bits per heavy atom. The van der Waals surface area contributed by atoms with Crippen molar-refractivity contribution in [1.29, 1.82) is 0 Å². The van der Waals surface area contributed by atoms with Crippen LogP contribution in [0.3, 0.4) is 0 Å². The Labute approximate surface area is 138 Å². The molecule has 2 N–H and O–H groups in total. The Bertz CT molecular complexity index is 693. The van der Waals surface area contributed by atoms with Gasteiger partial charge in [0.05, 0.1) is 10.4 Å². The molecule has 1 amide bonds. The van der Waals surface area contributed by atoms with E-state index in [1.807, 2.05) is 22.4 Å². The first-order valence-corrected chi connectivity index (χ1v) is 9.03. The number of aromatic nitrogens is 2. The maximum atomic E-state index is 12.7. The van der Waals surface area contributed by atoms with Gasteiger partial charge in [-0.05, 0) is 50.0 Å². The number of amides is 1. The number of hydrogen-bond acceptors (Lipinski definition) is 6. The van der Waals surface area contributed by atoms with Gasteiger partial charge in [-0.1, -0.05) is 11.2 Å².